The van der Waals surface area contributed by atoms with Crippen LogP contribution in [-0.2, 0) is 10.2 Å². The van der Waals surface area contributed by atoms with Crippen molar-refractivity contribution >= 4 is 11.7 Å². The average molecular weight is 222 g/mol. The minimum absolute atomic E-state index is 0.0695. The summed E-state index contributed by atoms with van der Waals surface area (Å²) in [6, 6.07) is 1.80. The summed E-state index contributed by atoms with van der Waals surface area (Å²) in [6.07, 6.45) is 3.15. The zero-order valence-electron chi connectivity index (χ0n) is 10.0. The van der Waals surface area contributed by atoms with Gasteiger partial charge in [0.25, 0.3) is 0 Å². The lowest BCUT2D eigenvalue weighted by atomic mass is 9.85. The van der Waals surface area contributed by atoms with Crippen LogP contribution in [-0.4, -0.2) is 11.1 Å². The van der Waals surface area contributed by atoms with Gasteiger partial charge in [-0.15, -0.1) is 0 Å². The molecular weight excluding hydrogens is 204 g/mol. The monoisotopic (exact) mass is 222 g/mol. The third-order valence-electron chi connectivity index (χ3n) is 2.98. The summed E-state index contributed by atoms with van der Waals surface area (Å²) in [7, 11) is 0. The van der Waals surface area contributed by atoms with Crippen LogP contribution >= 0.6 is 0 Å². The number of hydrogen-bond donors (Lipinski definition) is 1. The average Bonchev–Trinajstić information content (AvgIpc) is 2.47. The molecule has 0 aliphatic heterocycles. The molecule has 0 spiro atoms. The smallest absolute Gasteiger partial charge is 0.228 e. The molecule has 88 valence electrons. The number of amides is 1. The summed E-state index contributed by atoms with van der Waals surface area (Å²) in [4.78, 5) is 11.7. The molecule has 1 N–H and O–H groups in total. The summed E-state index contributed by atoms with van der Waals surface area (Å²) in [5, 5.41) is 6.65. The van der Waals surface area contributed by atoms with Gasteiger partial charge in [-0.3, -0.25) is 4.79 Å². The highest BCUT2D eigenvalue weighted by atomic mass is 16.5. The minimum atomic E-state index is -0.0769. The van der Waals surface area contributed by atoms with E-state index in [1.54, 1.807) is 6.07 Å². The van der Waals surface area contributed by atoms with E-state index >= 15 is 0 Å². The molecule has 1 heterocycles. The van der Waals surface area contributed by atoms with Gasteiger partial charge in [0.15, 0.2) is 5.82 Å². The quantitative estimate of drug-likeness (QED) is 0.837. The van der Waals surface area contributed by atoms with Crippen molar-refractivity contribution in [1.82, 2.24) is 5.16 Å². The van der Waals surface area contributed by atoms with Crippen LogP contribution in [0.3, 0.4) is 0 Å². The topological polar surface area (TPSA) is 55.1 Å². The standard InChI is InChI=1S/C12H18N2O2/c1-12(2,3)9-7-10(14-16-9)13-11(15)8-5-4-6-8/h7-8H,4-6H2,1-3H3,(H,13,14,15). The van der Waals surface area contributed by atoms with Crippen molar-refractivity contribution in [3.05, 3.63) is 11.8 Å². The Morgan fingerprint density at radius 3 is 2.62 bits per heavy atom. The second-order valence-electron chi connectivity index (χ2n) is 5.44. The largest absolute Gasteiger partial charge is 0.359 e. The van der Waals surface area contributed by atoms with Crippen LogP contribution in [0.4, 0.5) is 5.82 Å². The molecular formula is C12H18N2O2. The number of hydrogen-bond acceptors (Lipinski definition) is 3. The van der Waals surface area contributed by atoms with E-state index in [2.05, 4.69) is 10.5 Å². The molecule has 0 saturated heterocycles. The fourth-order valence-corrected chi connectivity index (χ4v) is 1.59. The Hall–Kier alpha value is -1.32. The van der Waals surface area contributed by atoms with Gasteiger partial charge < -0.3 is 9.84 Å². The van der Waals surface area contributed by atoms with Crippen LogP contribution in [0.1, 0.15) is 45.8 Å². The second-order valence-corrected chi connectivity index (χ2v) is 5.44. The lowest BCUT2D eigenvalue weighted by Crippen LogP contribution is -2.28. The lowest BCUT2D eigenvalue weighted by molar-refractivity contribution is -0.122. The van der Waals surface area contributed by atoms with Crippen LogP contribution < -0.4 is 5.32 Å². The Balaban J connectivity index is 1.99. The van der Waals surface area contributed by atoms with Gasteiger partial charge in [-0.1, -0.05) is 32.3 Å². The number of rotatable bonds is 2. The van der Waals surface area contributed by atoms with E-state index in [0.29, 0.717) is 5.82 Å². The van der Waals surface area contributed by atoms with Gasteiger partial charge in [0.2, 0.25) is 5.91 Å². The van der Waals surface area contributed by atoms with Crippen LogP contribution in [0.2, 0.25) is 0 Å². The SMILES string of the molecule is CC(C)(C)c1cc(NC(=O)C2CCC2)no1. The maximum Gasteiger partial charge on any atom is 0.228 e. The van der Waals surface area contributed by atoms with Gasteiger partial charge in [-0.25, -0.2) is 0 Å². The maximum absolute atomic E-state index is 11.7. The van der Waals surface area contributed by atoms with Crippen LogP contribution in [0, 0.1) is 5.92 Å². The van der Waals surface area contributed by atoms with Crippen molar-refractivity contribution in [3.8, 4) is 0 Å². The molecule has 1 aromatic heterocycles. The second kappa shape index (κ2) is 3.92. The van der Waals surface area contributed by atoms with Crippen molar-refractivity contribution in [2.75, 3.05) is 5.32 Å². The molecule has 0 radical (unpaired) electrons. The summed E-state index contributed by atoms with van der Waals surface area (Å²) in [5.41, 5.74) is -0.0769. The molecule has 0 atom stereocenters. The van der Waals surface area contributed by atoms with Crippen LogP contribution in [0.5, 0.6) is 0 Å². The van der Waals surface area contributed by atoms with Crippen molar-refractivity contribution in [2.45, 2.75) is 45.4 Å². The van der Waals surface area contributed by atoms with E-state index < -0.39 is 0 Å². The molecule has 0 bridgehead atoms. The van der Waals surface area contributed by atoms with E-state index in [0.717, 1.165) is 25.0 Å². The Morgan fingerprint density at radius 2 is 2.19 bits per heavy atom. The van der Waals surface area contributed by atoms with Gasteiger partial charge in [-0.2, -0.15) is 0 Å². The molecule has 1 aliphatic carbocycles. The zero-order chi connectivity index (χ0) is 11.8. The first-order chi connectivity index (χ1) is 7.47. The molecule has 1 saturated carbocycles. The molecule has 1 aliphatic rings. The number of carbonyl (C=O) groups excluding carboxylic acids is 1. The molecule has 1 amide bonds. The van der Waals surface area contributed by atoms with Crippen molar-refractivity contribution in [1.29, 1.82) is 0 Å². The van der Waals surface area contributed by atoms with E-state index in [4.69, 9.17) is 4.52 Å². The highest BCUT2D eigenvalue weighted by Crippen LogP contribution is 2.28. The number of carbonyl (C=O) groups is 1. The Bertz CT molecular complexity index is 386. The van der Waals surface area contributed by atoms with Crippen molar-refractivity contribution < 1.29 is 9.32 Å². The Labute approximate surface area is 95.4 Å². The van der Waals surface area contributed by atoms with Gasteiger partial charge in [0.05, 0.1) is 0 Å². The molecule has 0 unspecified atom stereocenters. The molecule has 0 aromatic carbocycles. The Morgan fingerprint density at radius 1 is 1.50 bits per heavy atom. The van der Waals surface area contributed by atoms with Gasteiger partial charge >= 0.3 is 0 Å². The number of anilines is 1. The van der Waals surface area contributed by atoms with Crippen LogP contribution in [0.15, 0.2) is 10.6 Å². The van der Waals surface area contributed by atoms with E-state index in [1.165, 1.54) is 0 Å². The minimum Gasteiger partial charge on any atom is -0.359 e. The zero-order valence-corrected chi connectivity index (χ0v) is 10.0. The van der Waals surface area contributed by atoms with Gasteiger partial charge in [-0.05, 0) is 12.8 Å². The first-order valence-electron chi connectivity index (χ1n) is 5.75. The molecule has 4 nitrogen and oxygen atoms in total. The van der Waals surface area contributed by atoms with E-state index in [-0.39, 0.29) is 17.2 Å². The first kappa shape index (κ1) is 11.2. The molecule has 2 rings (SSSR count). The normalized spacial score (nSPS) is 16.9. The highest BCUT2D eigenvalue weighted by Gasteiger charge is 2.26. The highest BCUT2D eigenvalue weighted by molar-refractivity contribution is 5.92. The third kappa shape index (κ3) is 2.26. The fourth-order valence-electron chi connectivity index (χ4n) is 1.59. The number of nitrogens with one attached hydrogen (secondary N) is 1. The van der Waals surface area contributed by atoms with Crippen molar-refractivity contribution in [2.24, 2.45) is 5.92 Å². The maximum atomic E-state index is 11.7. The fraction of sp³-hybridized carbons (Fsp3) is 0.667. The molecule has 16 heavy (non-hydrogen) atoms. The summed E-state index contributed by atoms with van der Waals surface area (Å²) in [6.45, 7) is 6.14. The summed E-state index contributed by atoms with van der Waals surface area (Å²) in [5.74, 6) is 1.56. The first-order valence-corrected chi connectivity index (χ1v) is 5.75. The van der Waals surface area contributed by atoms with Gasteiger partial charge in [0.1, 0.15) is 5.76 Å². The van der Waals surface area contributed by atoms with Crippen LogP contribution in [0.25, 0.3) is 0 Å². The summed E-state index contributed by atoms with van der Waals surface area (Å²) < 4.78 is 5.20. The predicted molar refractivity (Wildman–Crippen MR) is 61.2 cm³/mol. The van der Waals surface area contributed by atoms with E-state index in [9.17, 15) is 4.79 Å². The molecule has 1 fully saturated rings. The Kier molecular flexibility index (Phi) is 2.74. The third-order valence-corrected chi connectivity index (χ3v) is 2.98. The van der Waals surface area contributed by atoms with Gasteiger partial charge in [0, 0.05) is 17.4 Å². The lowest BCUT2D eigenvalue weighted by Gasteiger charge is -2.23. The summed E-state index contributed by atoms with van der Waals surface area (Å²) >= 11 is 0. The number of aromatic nitrogens is 1. The van der Waals surface area contributed by atoms with Crippen molar-refractivity contribution in [3.63, 3.8) is 0 Å². The van der Waals surface area contributed by atoms with E-state index in [1.807, 2.05) is 20.8 Å². The number of nitrogens with zero attached hydrogens (tertiary/aromatic N) is 1. The molecule has 1 aromatic rings. The molecule has 4 heteroatoms. The predicted octanol–water partition coefficient (Wildman–Crippen LogP) is 2.71.